The molecule has 172 valence electrons. The van der Waals surface area contributed by atoms with Crippen LogP contribution in [0.1, 0.15) is 17.3 Å². The lowest BCUT2D eigenvalue weighted by Crippen LogP contribution is -2.49. The first-order valence-corrected chi connectivity index (χ1v) is 9.85. The maximum absolute atomic E-state index is 13.7. The maximum atomic E-state index is 13.7. The fraction of sp³-hybridized carbons (Fsp3) is 0.217. The van der Waals surface area contributed by atoms with Crippen molar-refractivity contribution in [1.82, 2.24) is 4.98 Å². The largest absolute Gasteiger partial charge is 0.497 e. The van der Waals surface area contributed by atoms with Gasteiger partial charge in [-0.1, -0.05) is 36.4 Å². The van der Waals surface area contributed by atoms with Gasteiger partial charge in [-0.2, -0.15) is 13.2 Å². The number of ether oxygens (including phenoxy) is 1. The van der Waals surface area contributed by atoms with Crippen molar-refractivity contribution >= 4 is 11.6 Å². The third-order valence-electron chi connectivity index (χ3n) is 5.01. The summed E-state index contributed by atoms with van der Waals surface area (Å²) < 4.78 is 46.1. The number of alkyl halides is 3. The van der Waals surface area contributed by atoms with E-state index in [-0.39, 0.29) is 17.7 Å². The van der Waals surface area contributed by atoms with Crippen LogP contribution in [0.2, 0.25) is 0 Å². The minimum atomic E-state index is -5.26. The molecule has 10 heteroatoms. The lowest BCUT2D eigenvalue weighted by atomic mass is 9.93. The van der Waals surface area contributed by atoms with E-state index in [9.17, 15) is 28.1 Å². The standard InChI is InChI=1S/C23H20F3N3O4/c1-33-19-12-10-18(11-13-19)28(22(30)23(24,25)26)21(16-7-3-2-4-8-16)20(29(31)32)15-17-9-5-6-14-27-17/h2-14,20-21H,15H2,1H3/t20-,21+/m1/s1. The first-order chi connectivity index (χ1) is 15.7. The summed E-state index contributed by atoms with van der Waals surface area (Å²) in [5.41, 5.74) is 0.345. The molecule has 0 saturated carbocycles. The van der Waals surface area contributed by atoms with Gasteiger partial charge in [-0.25, -0.2) is 0 Å². The Morgan fingerprint density at radius 3 is 2.21 bits per heavy atom. The van der Waals surface area contributed by atoms with E-state index in [1.807, 2.05) is 0 Å². The van der Waals surface area contributed by atoms with Crippen molar-refractivity contribution < 1.29 is 27.6 Å². The normalized spacial score (nSPS) is 13.1. The highest BCUT2D eigenvalue weighted by Gasteiger charge is 2.50. The molecule has 0 aliphatic rings. The average Bonchev–Trinajstić information content (AvgIpc) is 2.81. The van der Waals surface area contributed by atoms with E-state index < -0.39 is 29.1 Å². The third-order valence-corrected chi connectivity index (χ3v) is 5.01. The van der Waals surface area contributed by atoms with Gasteiger partial charge in [-0.3, -0.25) is 24.8 Å². The van der Waals surface area contributed by atoms with Crippen molar-refractivity contribution in [2.75, 3.05) is 12.0 Å². The highest BCUT2D eigenvalue weighted by atomic mass is 19.4. The summed E-state index contributed by atoms with van der Waals surface area (Å²) in [5, 5.41) is 12.2. The Morgan fingerprint density at radius 1 is 1.06 bits per heavy atom. The molecule has 2 aromatic carbocycles. The Labute approximate surface area is 187 Å². The number of nitro groups is 1. The van der Waals surface area contributed by atoms with Crippen LogP contribution in [0, 0.1) is 10.1 Å². The summed E-state index contributed by atoms with van der Waals surface area (Å²) >= 11 is 0. The Hall–Kier alpha value is -3.95. The van der Waals surface area contributed by atoms with Gasteiger partial charge >= 0.3 is 12.1 Å². The monoisotopic (exact) mass is 459 g/mol. The molecular weight excluding hydrogens is 439 g/mol. The van der Waals surface area contributed by atoms with Gasteiger partial charge in [0.05, 0.1) is 13.5 Å². The van der Waals surface area contributed by atoms with Crippen molar-refractivity contribution in [3.05, 3.63) is 100 Å². The van der Waals surface area contributed by atoms with Crippen LogP contribution in [0.5, 0.6) is 5.75 Å². The molecule has 2 atom stereocenters. The van der Waals surface area contributed by atoms with Crippen molar-refractivity contribution in [3.8, 4) is 5.75 Å². The zero-order chi connectivity index (χ0) is 24.0. The predicted molar refractivity (Wildman–Crippen MR) is 114 cm³/mol. The molecule has 1 aromatic heterocycles. The van der Waals surface area contributed by atoms with Gasteiger partial charge in [0.15, 0.2) is 0 Å². The molecule has 0 unspecified atom stereocenters. The van der Waals surface area contributed by atoms with Crippen molar-refractivity contribution in [1.29, 1.82) is 0 Å². The second kappa shape index (κ2) is 10.1. The van der Waals surface area contributed by atoms with Gasteiger partial charge in [0, 0.05) is 22.5 Å². The fourth-order valence-corrected chi connectivity index (χ4v) is 3.51. The summed E-state index contributed by atoms with van der Waals surface area (Å²) in [4.78, 5) is 28.7. The summed E-state index contributed by atoms with van der Waals surface area (Å²) in [7, 11) is 1.38. The van der Waals surface area contributed by atoms with Crippen LogP contribution in [0.25, 0.3) is 0 Å². The Balaban J connectivity index is 2.20. The number of carbonyl (C=O) groups excluding carboxylic acids is 1. The highest BCUT2D eigenvalue weighted by molar-refractivity contribution is 5.98. The molecule has 1 amide bonds. The molecule has 0 bridgehead atoms. The first-order valence-electron chi connectivity index (χ1n) is 9.85. The molecule has 0 N–H and O–H groups in total. The van der Waals surface area contributed by atoms with E-state index in [1.54, 1.807) is 36.4 Å². The molecule has 3 rings (SSSR count). The molecule has 0 aliphatic heterocycles. The van der Waals surface area contributed by atoms with Gasteiger partial charge in [-0.15, -0.1) is 0 Å². The van der Waals surface area contributed by atoms with Crippen LogP contribution < -0.4 is 9.64 Å². The van der Waals surface area contributed by atoms with E-state index in [1.165, 1.54) is 49.7 Å². The number of aromatic nitrogens is 1. The van der Waals surface area contributed by atoms with Crippen molar-refractivity contribution in [2.24, 2.45) is 0 Å². The van der Waals surface area contributed by atoms with Crippen LogP contribution in [-0.2, 0) is 11.2 Å². The van der Waals surface area contributed by atoms with Gasteiger partial charge in [-0.05, 0) is 42.0 Å². The molecule has 1 heterocycles. The predicted octanol–water partition coefficient (Wildman–Crippen LogP) is 4.61. The Bertz CT molecular complexity index is 1080. The van der Waals surface area contributed by atoms with E-state index in [2.05, 4.69) is 4.98 Å². The van der Waals surface area contributed by atoms with Gasteiger partial charge in [0.1, 0.15) is 11.8 Å². The van der Waals surface area contributed by atoms with Crippen LogP contribution in [0.15, 0.2) is 79.0 Å². The SMILES string of the molecule is COc1ccc(N(C(=O)C(F)(F)F)[C@@H](c2ccccc2)[C@@H](Cc2ccccn2)[N+](=O)[O-])cc1. The minimum absolute atomic E-state index is 0.153. The number of carbonyl (C=O) groups is 1. The smallest absolute Gasteiger partial charge is 0.471 e. The number of amides is 1. The number of pyridine rings is 1. The molecule has 0 radical (unpaired) electrons. The average molecular weight is 459 g/mol. The topological polar surface area (TPSA) is 85.6 Å². The summed E-state index contributed by atoms with van der Waals surface area (Å²) in [6.45, 7) is 0. The van der Waals surface area contributed by atoms with Gasteiger partial charge in [0.2, 0.25) is 6.04 Å². The van der Waals surface area contributed by atoms with Gasteiger partial charge < -0.3 is 4.74 Å². The molecular formula is C23H20F3N3O4. The molecule has 7 nitrogen and oxygen atoms in total. The molecule has 0 saturated heterocycles. The Kier molecular flexibility index (Phi) is 7.27. The number of hydrogen-bond acceptors (Lipinski definition) is 5. The van der Waals surface area contributed by atoms with E-state index in [0.29, 0.717) is 16.3 Å². The number of rotatable bonds is 8. The lowest BCUT2D eigenvalue weighted by Gasteiger charge is -2.34. The third kappa shape index (κ3) is 5.65. The van der Waals surface area contributed by atoms with E-state index in [4.69, 9.17) is 4.74 Å². The lowest BCUT2D eigenvalue weighted by molar-refractivity contribution is -0.526. The van der Waals surface area contributed by atoms with Crippen LogP contribution in [0.4, 0.5) is 18.9 Å². The van der Waals surface area contributed by atoms with Gasteiger partial charge in [0.25, 0.3) is 0 Å². The number of halogens is 3. The maximum Gasteiger partial charge on any atom is 0.471 e. The van der Waals surface area contributed by atoms with E-state index >= 15 is 0 Å². The second-order valence-corrected chi connectivity index (χ2v) is 7.10. The number of methoxy groups -OCH3 is 1. The zero-order valence-electron chi connectivity index (χ0n) is 17.5. The van der Waals surface area contributed by atoms with Crippen LogP contribution >= 0.6 is 0 Å². The molecule has 33 heavy (non-hydrogen) atoms. The summed E-state index contributed by atoms with van der Waals surface area (Å²) in [6, 6.07) is 14.5. The number of anilines is 1. The number of benzene rings is 2. The molecule has 3 aromatic rings. The molecule has 0 aliphatic carbocycles. The van der Waals surface area contributed by atoms with E-state index in [0.717, 1.165) is 0 Å². The van der Waals surface area contributed by atoms with Crippen LogP contribution in [0.3, 0.4) is 0 Å². The minimum Gasteiger partial charge on any atom is -0.497 e. The van der Waals surface area contributed by atoms with Crippen molar-refractivity contribution in [2.45, 2.75) is 24.7 Å². The van der Waals surface area contributed by atoms with Crippen molar-refractivity contribution in [3.63, 3.8) is 0 Å². The number of hydrogen-bond donors (Lipinski definition) is 0. The summed E-state index contributed by atoms with van der Waals surface area (Å²) in [5.74, 6) is -1.86. The van der Waals surface area contributed by atoms with Crippen LogP contribution in [-0.4, -0.2) is 35.1 Å². The highest BCUT2D eigenvalue weighted by Crippen LogP contribution is 2.36. The summed E-state index contributed by atoms with van der Waals surface area (Å²) in [6.07, 6.45) is -4.11. The quantitative estimate of drug-likeness (QED) is 0.363. The Morgan fingerprint density at radius 2 is 1.70 bits per heavy atom. The zero-order valence-corrected chi connectivity index (χ0v) is 17.5. The molecule has 0 spiro atoms. The fourth-order valence-electron chi connectivity index (χ4n) is 3.51. The second-order valence-electron chi connectivity index (χ2n) is 7.10. The molecule has 0 fully saturated rings. The number of nitrogens with zero attached hydrogens (tertiary/aromatic N) is 3. The first kappa shape index (κ1) is 23.7.